The Morgan fingerprint density at radius 3 is 2.23 bits per heavy atom. The lowest BCUT2D eigenvalue weighted by Crippen LogP contribution is -2.45. The van der Waals surface area contributed by atoms with Crippen LogP contribution < -0.4 is 5.32 Å². The smallest absolute Gasteiger partial charge is 0.251 e. The highest BCUT2D eigenvalue weighted by atomic mass is 16.1. The Kier molecular flexibility index (Phi) is 6.10. The van der Waals surface area contributed by atoms with Crippen molar-refractivity contribution >= 4 is 5.91 Å². The molecule has 1 heterocycles. The molecule has 1 aliphatic rings. The van der Waals surface area contributed by atoms with Crippen LogP contribution in [0.2, 0.25) is 0 Å². The number of hydrogen-bond acceptors (Lipinski definition) is 2. The van der Waals surface area contributed by atoms with Gasteiger partial charge in [-0.05, 0) is 69.5 Å². The molecule has 26 heavy (non-hydrogen) atoms. The van der Waals surface area contributed by atoms with Crippen molar-refractivity contribution in [2.75, 3.05) is 13.1 Å². The van der Waals surface area contributed by atoms with Crippen molar-refractivity contribution in [2.45, 2.75) is 51.6 Å². The van der Waals surface area contributed by atoms with E-state index in [4.69, 9.17) is 0 Å². The summed E-state index contributed by atoms with van der Waals surface area (Å²) in [4.78, 5) is 15.1. The molecular formula is C23H30N2O. The van der Waals surface area contributed by atoms with Gasteiger partial charge in [-0.15, -0.1) is 0 Å². The molecule has 0 aromatic heterocycles. The lowest BCUT2D eigenvalue weighted by molar-refractivity contribution is 0.0913. The van der Waals surface area contributed by atoms with E-state index in [0.29, 0.717) is 0 Å². The molecule has 3 heteroatoms. The summed E-state index contributed by atoms with van der Waals surface area (Å²) in [5.74, 6) is -0.00421. The van der Waals surface area contributed by atoms with Gasteiger partial charge in [0.15, 0.2) is 0 Å². The number of piperidine rings is 1. The second kappa shape index (κ2) is 8.50. The first-order chi connectivity index (χ1) is 12.5. The Labute approximate surface area is 157 Å². The van der Waals surface area contributed by atoms with Gasteiger partial charge in [-0.2, -0.15) is 0 Å². The van der Waals surface area contributed by atoms with E-state index in [1.807, 2.05) is 30.3 Å². The molecule has 1 aliphatic heterocycles. The molecule has 0 bridgehead atoms. The van der Waals surface area contributed by atoms with Gasteiger partial charge in [0.05, 0.1) is 0 Å². The summed E-state index contributed by atoms with van der Waals surface area (Å²) in [7, 11) is 0. The highest BCUT2D eigenvalue weighted by Crippen LogP contribution is 2.16. The Hall–Kier alpha value is -2.13. The number of benzene rings is 2. The summed E-state index contributed by atoms with van der Waals surface area (Å²) < 4.78 is 0. The zero-order valence-electron chi connectivity index (χ0n) is 16.0. The average Bonchev–Trinajstić information content (AvgIpc) is 2.63. The fourth-order valence-corrected chi connectivity index (χ4v) is 3.67. The molecule has 0 saturated carbocycles. The van der Waals surface area contributed by atoms with E-state index in [0.717, 1.165) is 18.5 Å². The highest BCUT2D eigenvalue weighted by Gasteiger charge is 2.21. The molecule has 0 aliphatic carbocycles. The van der Waals surface area contributed by atoms with Gasteiger partial charge in [-0.25, -0.2) is 0 Å². The minimum atomic E-state index is -0.287. The van der Waals surface area contributed by atoms with E-state index in [1.54, 1.807) is 0 Å². The molecule has 0 unspecified atom stereocenters. The number of nitrogens with zero attached hydrogens (tertiary/aromatic N) is 1. The van der Waals surface area contributed by atoms with Crippen LogP contribution in [0, 0.1) is 0 Å². The summed E-state index contributed by atoms with van der Waals surface area (Å²) in [6, 6.07) is 18.4. The molecule has 138 valence electrons. The third-order valence-electron chi connectivity index (χ3n) is 5.01. The van der Waals surface area contributed by atoms with Crippen molar-refractivity contribution in [3.8, 4) is 0 Å². The average molecular weight is 351 g/mol. The number of carbonyl (C=O) groups is 1. The second-order valence-corrected chi connectivity index (χ2v) is 8.03. The number of amides is 1. The van der Waals surface area contributed by atoms with Crippen LogP contribution in [0.1, 0.15) is 54.6 Å². The van der Waals surface area contributed by atoms with Crippen molar-refractivity contribution in [2.24, 2.45) is 0 Å². The van der Waals surface area contributed by atoms with Gasteiger partial charge < -0.3 is 5.32 Å². The van der Waals surface area contributed by atoms with Crippen LogP contribution in [0.25, 0.3) is 0 Å². The van der Waals surface area contributed by atoms with E-state index in [9.17, 15) is 4.79 Å². The third kappa shape index (κ3) is 5.43. The number of hydrogen-bond donors (Lipinski definition) is 1. The summed E-state index contributed by atoms with van der Waals surface area (Å²) in [6.07, 6.45) is 4.77. The maximum absolute atomic E-state index is 12.6. The Morgan fingerprint density at radius 1 is 0.923 bits per heavy atom. The Morgan fingerprint density at radius 2 is 1.58 bits per heavy atom. The molecule has 2 aromatic rings. The molecule has 0 radical (unpaired) electrons. The molecule has 1 N–H and O–H groups in total. The SMILES string of the molecule is CC(C)(Cc1ccccc1)NC(=O)c1ccc(CN2CCCCC2)cc1. The Bertz CT molecular complexity index is 701. The summed E-state index contributed by atoms with van der Waals surface area (Å²) >= 11 is 0. The van der Waals surface area contributed by atoms with Crippen LogP contribution >= 0.6 is 0 Å². The number of likely N-dealkylation sites (tertiary alicyclic amines) is 1. The van der Waals surface area contributed by atoms with Crippen molar-refractivity contribution in [3.05, 3.63) is 71.3 Å². The van der Waals surface area contributed by atoms with Crippen LogP contribution in [0.5, 0.6) is 0 Å². The zero-order chi connectivity index (χ0) is 18.4. The number of nitrogens with one attached hydrogen (secondary N) is 1. The topological polar surface area (TPSA) is 32.3 Å². The van der Waals surface area contributed by atoms with Crippen LogP contribution in [-0.4, -0.2) is 29.4 Å². The van der Waals surface area contributed by atoms with Crippen LogP contribution in [-0.2, 0) is 13.0 Å². The van der Waals surface area contributed by atoms with Crippen molar-refractivity contribution in [3.63, 3.8) is 0 Å². The Balaban J connectivity index is 1.57. The monoisotopic (exact) mass is 350 g/mol. The van der Waals surface area contributed by atoms with Crippen LogP contribution in [0.3, 0.4) is 0 Å². The molecule has 1 saturated heterocycles. The zero-order valence-corrected chi connectivity index (χ0v) is 16.0. The minimum absolute atomic E-state index is 0.00421. The van der Waals surface area contributed by atoms with Gasteiger partial charge in [0.1, 0.15) is 0 Å². The normalized spacial score (nSPS) is 15.6. The van der Waals surface area contributed by atoms with Crippen LogP contribution in [0.15, 0.2) is 54.6 Å². The van der Waals surface area contributed by atoms with E-state index >= 15 is 0 Å². The molecular weight excluding hydrogens is 320 g/mol. The fourth-order valence-electron chi connectivity index (χ4n) is 3.67. The molecule has 1 amide bonds. The predicted octanol–water partition coefficient (Wildman–Crippen LogP) is 4.42. The van der Waals surface area contributed by atoms with Crippen molar-refractivity contribution in [1.82, 2.24) is 10.2 Å². The van der Waals surface area contributed by atoms with E-state index in [1.165, 1.54) is 43.5 Å². The number of rotatable bonds is 6. The maximum Gasteiger partial charge on any atom is 0.251 e. The third-order valence-corrected chi connectivity index (χ3v) is 5.01. The molecule has 1 fully saturated rings. The number of carbonyl (C=O) groups excluding carboxylic acids is 1. The molecule has 0 spiro atoms. The van der Waals surface area contributed by atoms with Gasteiger partial charge >= 0.3 is 0 Å². The summed E-state index contributed by atoms with van der Waals surface area (Å²) in [5, 5.41) is 3.17. The standard InChI is InChI=1S/C23H30N2O/c1-23(2,17-19-9-5-3-6-10-19)24-22(26)21-13-11-20(12-14-21)18-25-15-7-4-8-16-25/h3,5-6,9-14H,4,7-8,15-18H2,1-2H3,(H,24,26). The minimum Gasteiger partial charge on any atom is -0.347 e. The van der Waals surface area contributed by atoms with Crippen molar-refractivity contribution in [1.29, 1.82) is 0 Å². The fraction of sp³-hybridized carbons (Fsp3) is 0.435. The van der Waals surface area contributed by atoms with E-state index < -0.39 is 0 Å². The predicted molar refractivity (Wildman–Crippen MR) is 107 cm³/mol. The van der Waals surface area contributed by atoms with E-state index in [-0.39, 0.29) is 11.4 Å². The lowest BCUT2D eigenvalue weighted by Gasteiger charge is -2.27. The molecule has 2 aromatic carbocycles. The van der Waals surface area contributed by atoms with Crippen molar-refractivity contribution < 1.29 is 4.79 Å². The van der Waals surface area contributed by atoms with Gasteiger partial charge in [0, 0.05) is 17.6 Å². The van der Waals surface area contributed by atoms with Gasteiger partial charge in [0.25, 0.3) is 5.91 Å². The van der Waals surface area contributed by atoms with Gasteiger partial charge in [-0.1, -0.05) is 48.9 Å². The lowest BCUT2D eigenvalue weighted by atomic mass is 9.94. The summed E-state index contributed by atoms with van der Waals surface area (Å²) in [5.41, 5.74) is 2.96. The van der Waals surface area contributed by atoms with Gasteiger partial charge in [-0.3, -0.25) is 9.69 Å². The summed E-state index contributed by atoms with van der Waals surface area (Å²) in [6.45, 7) is 7.51. The first-order valence-corrected chi connectivity index (χ1v) is 9.70. The highest BCUT2D eigenvalue weighted by molar-refractivity contribution is 5.94. The molecule has 0 atom stereocenters. The van der Waals surface area contributed by atoms with E-state index in [2.05, 4.69) is 48.3 Å². The van der Waals surface area contributed by atoms with Crippen LogP contribution in [0.4, 0.5) is 0 Å². The molecule has 3 rings (SSSR count). The maximum atomic E-state index is 12.6. The molecule has 3 nitrogen and oxygen atoms in total. The quantitative estimate of drug-likeness (QED) is 0.836. The van der Waals surface area contributed by atoms with Gasteiger partial charge in [0.2, 0.25) is 0 Å². The largest absolute Gasteiger partial charge is 0.347 e. The first kappa shape index (κ1) is 18.7. The first-order valence-electron chi connectivity index (χ1n) is 9.70. The second-order valence-electron chi connectivity index (χ2n) is 8.03.